The van der Waals surface area contributed by atoms with E-state index in [0.29, 0.717) is 23.2 Å². The van der Waals surface area contributed by atoms with Crippen molar-refractivity contribution in [1.82, 2.24) is 15.2 Å². The number of aldehydes is 1. The lowest BCUT2D eigenvalue weighted by molar-refractivity contribution is 0.109. The highest BCUT2D eigenvalue weighted by Gasteiger charge is 2.23. The Balaban J connectivity index is 0.000000348. The number of carbonyl (C=O) groups excluding carboxylic acids is 2. The summed E-state index contributed by atoms with van der Waals surface area (Å²) in [5, 5.41) is 11.2. The second-order valence-electron chi connectivity index (χ2n) is 9.83. The Morgan fingerprint density at radius 2 is 1.86 bits per heavy atom. The van der Waals surface area contributed by atoms with E-state index in [1.54, 1.807) is 29.8 Å². The zero-order valence-electron chi connectivity index (χ0n) is 21.4. The minimum atomic E-state index is -0.260. The summed E-state index contributed by atoms with van der Waals surface area (Å²) >= 11 is 3.33. The summed E-state index contributed by atoms with van der Waals surface area (Å²) in [4.78, 5) is 26.9. The fourth-order valence-corrected chi connectivity index (χ4v) is 8.05. The number of ether oxygens (including phenoxy) is 1. The van der Waals surface area contributed by atoms with E-state index in [-0.39, 0.29) is 6.03 Å². The maximum Gasteiger partial charge on any atom is 0.320 e. The van der Waals surface area contributed by atoms with Crippen molar-refractivity contribution in [3.8, 4) is 5.00 Å². The molecule has 0 atom stereocenters. The Morgan fingerprint density at radius 3 is 2.59 bits per heavy atom. The molecule has 0 radical (unpaired) electrons. The lowest BCUT2D eigenvalue weighted by atomic mass is 9.96. The molecular weight excluding hydrogens is 504 g/mol. The first-order valence-corrected chi connectivity index (χ1v) is 15.0. The van der Waals surface area contributed by atoms with Gasteiger partial charge in [0.15, 0.2) is 6.29 Å². The molecule has 4 heterocycles. The minimum absolute atomic E-state index is 0.260. The third kappa shape index (κ3) is 6.00. The van der Waals surface area contributed by atoms with Gasteiger partial charge in [-0.3, -0.25) is 10.1 Å². The van der Waals surface area contributed by atoms with E-state index in [9.17, 15) is 9.59 Å². The van der Waals surface area contributed by atoms with Crippen molar-refractivity contribution in [2.75, 3.05) is 19.0 Å². The molecule has 9 heteroatoms. The molecule has 0 aromatic carbocycles. The van der Waals surface area contributed by atoms with Gasteiger partial charge < -0.3 is 19.9 Å². The van der Waals surface area contributed by atoms with Gasteiger partial charge in [-0.1, -0.05) is 12.8 Å². The van der Waals surface area contributed by atoms with Crippen LogP contribution in [-0.2, 0) is 37.1 Å². The third-order valence-corrected chi connectivity index (χ3v) is 9.98. The lowest BCUT2D eigenvalue weighted by Gasteiger charge is -2.15. The first-order chi connectivity index (χ1) is 18.2. The molecule has 0 saturated heterocycles. The van der Waals surface area contributed by atoms with Crippen LogP contribution in [0.25, 0.3) is 5.00 Å². The molecule has 2 aliphatic carbocycles. The first kappa shape index (κ1) is 26.2. The van der Waals surface area contributed by atoms with Crippen molar-refractivity contribution < 1.29 is 14.3 Å². The van der Waals surface area contributed by atoms with Gasteiger partial charge in [-0.25, -0.2) is 4.79 Å². The fourth-order valence-electron chi connectivity index (χ4n) is 5.49. The summed E-state index contributed by atoms with van der Waals surface area (Å²) < 4.78 is 7.23. The normalized spacial score (nSPS) is 16.9. The summed E-state index contributed by atoms with van der Waals surface area (Å²) in [5.41, 5.74) is 4.33. The predicted octanol–water partition coefficient (Wildman–Crippen LogP) is 5.83. The van der Waals surface area contributed by atoms with E-state index < -0.39 is 0 Å². The highest BCUT2D eigenvalue weighted by molar-refractivity contribution is 7.17. The molecule has 3 aromatic heterocycles. The number of fused-ring (bicyclic) bond motifs is 2. The van der Waals surface area contributed by atoms with Crippen molar-refractivity contribution in [1.29, 1.82) is 0 Å². The minimum Gasteiger partial charge on any atom is -0.381 e. The van der Waals surface area contributed by atoms with E-state index in [0.717, 1.165) is 62.0 Å². The molecule has 6 rings (SSSR count). The summed E-state index contributed by atoms with van der Waals surface area (Å²) in [6, 6.07) is 3.77. The second kappa shape index (κ2) is 12.4. The summed E-state index contributed by atoms with van der Waals surface area (Å²) in [5.74, 6) is 0. The number of aromatic nitrogens is 1. The molecule has 3 aliphatic rings. The van der Waals surface area contributed by atoms with E-state index in [1.807, 2.05) is 24.5 Å². The van der Waals surface area contributed by atoms with E-state index >= 15 is 0 Å². The van der Waals surface area contributed by atoms with Crippen molar-refractivity contribution in [2.45, 2.75) is 77.0 Å². The van der Waals surface area contributed by atoms with Crippen LogP contribution in [-0.4, -0.2) is 36.6 Å². The monoisotopic (exact) mass is 540 g/mol. The Labute approximate surface area is 226 Å². The molecule has 2 amide bonds. The van der Waals surface area contributed by atoms with Crippen molar-refractivity contribution in [3.63, 3.8) is 0 Å². The average molecular weight is 541 g/mol. The Kier molecular flexibility index (Phi) is 8.76. The number of aryl methyl sites for hydroxylation is 1. The number of carbonyl (C=O) groups is 2. The molecule has 1 saturated carbocycles. The average Bonchev–Trinajstić information content (AvgIpc) is 3.73. The highest BCUT2D eigenvalue weighted by atomic mass is 32.1. The molecule has 0 bridgehead atoms. The van der Waals surface area contributed by atoms with E-state index in [2.05, 4.69) is 20.5 Å². The van der Waals surface area contributed by atoms with Crippen LogP contribution in [0.5, 0.6) is 0 Å². The number of urea groups is 1. The molecule has 1 fully saturated rings. The zero-order chi connectivity index (χ0) is 25.6. The maximum absolute atomic E-state index is 12.7. The molecule has 37 heavy (non-hydrogen) atoms. The number of hydrogen-bond donors (Lipinski definition) is 3. The number of hydrogen-bond acceptors (Lipinski definition) is 6. The van der Waals surface area contributed by atoms with Gasteiger partial charge in [-0.05, 0) is 74.8 Å². The number of thiophene rings is 2. The van der Waals surface area contributed by atoms with Crippen LogP contribution in [0.15, 0.2) is 24.5 Å². The quantitative estimate of drug-likeness (QED) is 0.343. The van der Waals surface area contributed by atoms with Crippen molar-refractivity contribution in [3.05, 3.63) is 56.5 Å². The molecular formula is C28H36N4O3S2. The van der Waals surface area contributed by atoms with Gasteiger partial charge in [0.1, 0.15) is 10.0 Å². The largest absolute Gasteiger partial charge is 0.381 e. The van der Waals surface area contributed by atoms with Crippen molar-refractivity contribution >= 4 is 40.0 Å². The van der Waals surface area contributed by atoms with Gasteiger partial charge in [-0.2, -0.15) is 0 Å². The standard InChI is InChI=1S/C22H24N4O2S2.C6H12O/c27-13-17-14-5-1-2-6-18(14)29-20(17)25-22(28)24-11-16-15-7-8-23-12-19(15)30-21(16)26-9-3-4-10-26;1-7-6-4-2-3-5-6/h3-4,9-10,13,23H,1-2,5-8,11-12H2,(H2,24,25,28);6H,2-5H2,1H3. The molecule has 3 aromatic rings. The molecule has 7 nitrogen and oxygen atoms in total. The molecule has 198 valence electrons. The van der Waals surface area contributed by atoms with Gasteiger partial charge in [-0.15, -0.1) is 22.7 Å². The van der Waals surface area contributed by atoms with Crippen LogP contribution in [0.2, 0.25) is 0 Å². The number of anilines is 1. The number of nitrogens with one attached hydrogen (secondary N) is 3. The molecule has 0 unspecified atom stereocenters. The number of rotatable bonds is 6. The van der Waals surface area contributed by atoms with Crippen LogP contribution in [0, 0.1) is 0 Å². The van der Waals surface area contributed by atoms with Gasteiger partial charge >= 0.3 is 6.03 Å². The molecule has 0 spiro atoms. The Hall–Kier alpha value is -2.46. The SMILES string of the molecule is COC1CCCC1.O=Cc1c(NC(=O)NCc2c(-n3cccc3)sc3c2CCNC3)sc2c1CCCC2. The predicted molar refractivity (Wildman–Crippen MR) is 151 cm³/mol. The van der Waals surface area contributed by atoms with Crippen LogP contribution in [0.4, 0.5) is 9.80 Å². The summed E-state index contributed by atoms with van der Waals surface area (Å²) in [6.07, 6.45) is 16.1. The van der Waals surface area contributed by atoms with Gasteiger partial charge in [0.05, 0.1) is 11.7 Å². The van der Waals surface area contributed by atoms with Crippen LogP contribution in [0.3, 0.4) is 0 Å². The maximum atomic E-state index is 12.7. The number of methoxy groups -OCH3 is 1. The second-order valence-corrected chi connectivity index (χ2v) is 12.0. The highest BCUT2D eigenvalue weighted by Crippen LogP contribution is 2.37. The topological polar surface area (TPSA) is 84.4 Å². The Bertz CT molecular complexity index is 1210. The van der Waals surface area contributed by atoms with Crippen LogP contribution >= 0.6 is 22.7 Å². The van der Waals surface area contributed by atoms with E-state index in [4.69, 9.17) is 4.74 Å². The van der Waals surface area contributed by atoms with Gasteiger partial charge in [0, 0.05) is 47.9 Å². The van der Waals surface area contributed by atoms with E-state index in [1.165, 1.54) is 46.6 Å². The smallest absolute Gasteiger partial charge is 0.320 e. The van der Waals surface area contributed by atoms with Gasteiger partial charge in [0.25, 0.3) is 0 Å². The van der Waals surface area contributed by atoms with Crippen LogP contribution in [0.1, 0.15) is 75.3 Å². The zero-order valence-corrected chi connectivity index (χ0v) is 23.1. The summed E-state index contributed by atoms with van der Waals surface area (Å²) in [7, 11) is 1.80. The lowest BCUT2D eigenvalue weighted by Crippen LogP contribution is -2.29. The van der Waals surface area contributed by atoms with Crippen LogP contribution < -0.4 is 16.0 Å². The third-order valence-electron chi connectivity index (χ3n) is 7.47. The first-order valence-electron chi connectivity index (χ1n) is 13.3. The Morgan fingerprint density at radius 1 is 1.08 bits per heavy atom. The molecule has 1 aliphatic heterocycles. The van der Waals surface area contributed by atoms with Crippen molar-refractivity contribution in [2.24, 2.45) is 0 Å². The molecule has 3 N–H and O–H groups in total. The van der Waals surface area contributed by atoms with Gasteiger partial charge in [0.2, 0.25) is 0 Å². The summed E-state index contributed by atoms with van der Waals surface area (Å²) in [6.45, 7) is 2.30. The number of amides is 2. The fraction of sp³-hybridized carbons (Fsp3) is 0.500. The number of nitrogens with zero attached hydrogens (tertiary/aromatic N) is 1.